The van der Waals surface area contributed by atoms with Crippen molar-refractivity contribution in [3.8, 4) is 12.3 Å². The van der Waals surface area contributed by atoms with Crippen LogP contribution in [0, 0.1) is 12.3 Å². The van der Waals surface area contributed by atoms with Gasteiger partial charge in [-0.1, -0.05) is 26.7 Å². The maximum atomic E-state index is 5.33. The molecule has 0 aliphatic heterocycles. The third-order valence-corrected chi connectivity index (χ3v) is 2.40. The summed E-state index contributed by atoms with van der Waals surface area (Å²) in [6.07, 6.45) is 8.20. The molecule has 1 rings (SSSR count). The van der Waals surface area contributed by atoms with Crippen molar-refractivity contribution in [2.45, 2.75) is 32.6 Å². The molecule has 2 nitrogen and oxygen atoms in total. The number of terminal acetylenes is 1. The predicted octanol–water partition coefficient (Wildman–Crippen LogP) is 2.08. The van der Waals surface area contributed by atoms with Crippen molar-refractivity contribution >= 4 is 0 Å². The van der Waals surface area contributed by atoms with Crippen LogP contribution < -0.4 is 0 Å². The molecule has 0 amide bonds. The van der Waals surface area contributed by atoms with Gasteiger partial charge in [0.1, 0.15) is 5.69 Å². The molecule has 0 fully saturated rings. The van der Waals surface area contributed by atoms with Gasteiger partial charge in [-0.05, 0) is 11.8 Å². The lowest BCUT2D eigenvalue weighted by Crippen LogP contribution is -2.15. The normalized spacial score (nSPS) is 11.2. The average Bonchev–Trinajstić information content (AvgIpc) is 2.52. The van der Waals surface area contributed by atoms with E-state index in [1.54, 1.807) is 0 Å². The molecule has 1 aromatic heterocycles. The molecule has 0 aliphatic carbocycles. The van der Waals surface area contributed by atoms with Gasteiger partial charge >= 0.3 is 0 Å². The fraction of sp³-hybridized carbons (Fsp3) is 0.500. The highest BCUT2D eigenvalue weighted by Crippen LogP contribution is 2.27. The van der Waals surface area contributed by atoms with Gasteiger partial charge in [-0.2, -0.15) is 5.10 Å². The first-order chi connectivity index (χ1) is 5.61. The second-order valence-corrected chi connectivity index (χ2v) is 3.54. The van der Waals surface area contributed by atoms with E-state index >= 15 is 0 Å². The van der Waals surface area contributed by atoms with Crippen LogP contribution in [0.3, 0.4) is 0 Å². The van der Waals surface area contributed by atoms with E-state index in [-0.39, 0.29) is 5.41 Å². The summed E-state index contributed by atoms with van der Waals surface area (Å²) in [4.78, 5) is 0. The van der Waals surface area contributed by atoms with E-state index < -0.39 is 0 Å². The first-order valence-electron chi connectivity index (χ1n) is 4.12. The van der Waals surface area contributed by atoms with Gasteiger partial charge in [0.2, 0.25) is 0 Å². The Bertz CT molecular complexity index is 302. The number of H-pyrrole nitrogens is 1. The molecule has 0 aromatic carbocycles. The molecule has 12 heavy (non-hydrogen) atoms. The quantitative estimate of drug-likeness (QED) is 0.663. The van der Waals surface area contributed by atoms with E-state index in [4.69, 9.17) is 6.42 Å². The van der Waals surface area contributed by atoms with Crippen molar-refractivity contribution in [2.75, 3.05) is 0 Å². The maximum Gasteiger partial charge on any atom is 0.111 e. The highest BCUT2D eigenvalue weighted by Gasteiger charge is 2.22. The lowest BCUT2D eigenvalue weighted by Gasteiger charge is -2.21. The van der Waals surface area contributed by atoms with Crippen LogP contribution in [0.5, 0.6) is 0 Å². The minimum absolute atomic E-state index is 0.120. The highest BCUT2D eigenvalue weighted by atomic mass is 15.1. The van der Waals surface area contributed by atoms with E-state index in [1.165, 1.54) is 0 Å². The summed E-state index contributed by atoms with van der Waals surface area (Å²) in [5, 5.41) is 6.75. The monoisotopic (exact) mass is 162 g/mol. The van der Waals surface area contributed by atoms with E-state index in [2.05, 4.69) is 36.9 Å². The number of aromatic amines is 1. The minimum Gasteiger partial charge on any atom is -0.270 e. The number of rotatable bonds is 2. The number of nitrogens with one attached hydrogen (secondary N) is 1. The predicted molar refractivity (Wildman–Crippen MR) is 49.8 cm³/mol. The minimum atomic E-state index is 0.120. The molecule has 0 aliphatic rings. The number of hydrogen-bond donors (Lipinski definition) is 1. The third-order valence-electron chi connectivity index (χ3n) is 2.40. The van der Waals surface area contributed by atoms with Gasteiger partial charge in [-0.3, -0.25) is 5.10 Å². The Morgan fingerprint density at radius 3 is 2.83 bits per heavy atom. The Balaban J connectivity index is 3.11. The maximum absolute atomic E-state index is 5.33. The zero-order chi connectivity index (χ0) is 9.19. The van der Waals surface area contributed by atoms with E-state index in [0.29, 0.717) is 0 Å². The summed E-state index contributed by atoms with van der Waals surface area (Å²) in [6.45, 7) is 6.48. The molecule has 0 spiro atoms. The van der Waals surface area contributed by atoms with E-state index in [1.807, 2.05) is 6.20 Å². The Hall–Kier alpha value is -1.23. The van der Waals surface area contributed by atoms with E-state index in [0.717, 1.165) is 17.7 Å². The third kappa shape index (κ3) is 1.35. The Labute approximate surface area is 73.4 Å². The zero-order valence-corrected chi connectivity index (χ0v) is 7.81. The summed E-state index contributed by atoms with van der Waals surface area (Å²) in [7, 11) is 0. The zero-order valence-electron chi connectivity index (χ0n) is 7.81. The van der Waals surface area contributed by atoms with Crippen LogP contribution in [0.25, 0.3) is 0 Å². The van der Waals surface area contributed by atoms with Crippen LogP contribution in [0.4, 0.5) is 0 Å². The topological polar surface area (TPSA) is 28.7 Å². The second-order valence-electron chi connectivity index (χ2n) is 3.54. The molecule has 0 saturated heterocycles. The van der Waals surface area contributed by atoms with Crippen LogP contribution in [-0.4, -0.2) is 10.2 Å². The van der Waals surface area contributed by atoms with Crippen molar-refractivity contribution in [2.24, 2.45) is 0 Å². The lowest BCUT2D eigenvalue weighted by molar-refractivity contribution is 0.505. The number of aromatic nitrogens is 2. The van der Waals surface area contributed by atoms with Gasteiger partial charge < -0.3 is 0 Å². The largest absolute Gasteiger partial charge is 0.270 e. The van der Waals surface area contributed by atoms with Crippen LogP contribution in [0.2, 0.25) is 0 Å². The molecule has 0 atom stereocenters. The SMILES string of the molecule is C#Cc1[nH]ncc1C(C)(C)CC. The summed E-state index contributed by atoms with van der Waals surface area (Å²) in [5.74, 6) is 2.60. The van der Waals surface area contributed by atoms with Crippen molar-refractivity contribution in [1.29, 1.82) is 0 Å². The molecule has 0 saturated carbocycles. The van der Waals surface area contributed by atoms with E-state index in [9.17, 15) is 0 Å². The second kappa shape index (κ2) is 3.02. The molecular weight excluding hydrogens is 148 g/mol. The molecule has 64 valence electrons. The molecular formula is C10H14N2. The summed E-state index contributed by atoms with van der Waals surface area (Å²) in [6, 6.07) is 0. The van der Waals surface area contributed by atoms with Crippen LogP contribution in [0.15, 0.2) is 6.20 Å². The van der Waals surface area contributed by atoms with Crippen molar-refractivity contribution < 1.29 is 0 Å². The first kappa shape index (κ1) is 8.86. The Morgan fingerprint density at radius 1 is 1.67 bits per heavy atom. The van der Waals surface area contributed by atoms with Gasteiger partial charge in [0.15, 0.2) is 0 Å². The molecule has 1 aromatic rings. The molecule has 0 bridgehead atoms. The molecule has 0 radical (unpaired) electrons. The Morgan fingerprint density at radius 2 is 2.33 bits per heavy atom. The molecule has 2 heteroatoms. The fourth-order valence-electron chi connectivity index (χ4n) is 1.10. The van der Waals surface area contributed by atoms with Crippen LogP contribution >= 0.6 is 0 Å². The summed E-state index contributed by atoms with van der Waals surface area (Å²) in [5.41, 5.74) is 2.06. The molecule has 1 N–H and O–H groups in total. The highest BCUT2D eigenvalue weighted by molar-refractivity contribution is 5.36. The first-order valence-corrected chi connectivity index (χ1v) is 4.12. The smallest absolute Gasteiger partial charge is 0.111 e. The number of nitrogens with zero attached hydrogens (tertiary/aromatic N) is 1. The van der Waals surface area contributed by atoms with Gasteiger partial charge in [-0.25, -0.2) is 0 Å². The number of hydrogen-bond acceptors (Lipinski definition) is 1. The molecule has 0 unspecified atom stereocenters. The van der Waals surface area contributed by atoms with Gasteiger partial charge in [0, 0.05) is 5.56 Å². The van der Waals surface area contributed by atoms with Crippen LogP contribution in [0.1, 0.15) is 38.4 Å². The van der Waals surface area contributed by atoms with Crippen LogP contribution in [-0.2, 0) is 5.41 Å². The van der Waals surface area contributed by atoms with Gasteiger partial charge in [-0.15, -0.1) is 6.42 Å². The molecule has 1 heterocycles. The van der Waals surface area contributed by atoms with Crippen molar-refractivity contribution in [1.82, 2.24) is 10.2 Å². The standard InChI is InChI=1S/C10H14N2/c1-5-9-8(7-11-12-9)10(3,4)6-2/h1,7H,6H2,2-4H3,(H,11,12). The average molecular weight is 162 g/mol. The van der Waals surface area contributed by atoms with Gasteiger partial charge in [0.05, 0.1) is 6.20 Å². The van der Waals surface area contributed by atoms with Gasteiger partial charge in [0.25, 0.3) is 0 Å². The Kier molecular flexibility index (Phi) is 2.23. The fourth-order valence-corrected chi connectivity index (χ4v) is 1.10. The van der Waals surface area contributed by atoms with Crippen molar-refractivity contribution in [3.05, 3.63) is 17.5 Å². The lowest BCUT2D eigenvalue weighted by atomic mass is 9.82. The summed E-state index contributed by atoms with van der Waals surface area (Å²) < 4.78 is 0. The summed E-state index contributed by atoms with van der Waals surface area (Å²) >= 11 is 0. The van der Waals surface area contributed by atoms with Crippen molar-refractivity contribution in [3.63, 3.8) is 0 Å².